The average Bonchev–Trinajstić information content (AvgIpc) is 3.54. The Morgan fingerprint density at radius 1 is 1.12 bits per heavy atom. The molecule has 1 fully saturated rings. The molecular weight excluding hydrogens is 455 g/mol. The van der Waals surface area contributed by atoms with Crippen molar-refractivity contribution in [2.75, 3.05) is 11.9 Å². The summed E-state index contributed by atoms with van der Waals surface area (Å²) >= 11 is 5.47. The van der Waals surface area contributed by atoms with Gasteiger partial charge in [0.15, 0.2) is 0 Å². The van der Waals surface area contributed by atoms with Crippen LogP contribution < -0.4 is 9.64 Å². The number of hydrogen-bond acceptors (Lipinski definition) is 5. The highest BCUT2D eigenvalue weighted by atomic mass is 32.1. The summed E-state index contributed by atoms with van der Waals surface area (Å²) in [7, 11) is 1.90. The number of aromatic hydroxyl groups is 1. The summed E-state index contributed by atoms with van der Waals surface area (Å²) in [4.78, 5) is 15.4. The Hall–Kier alpha value is -2.81. The van der Waals surface area contributed by atoms with Crippen molar-refractivity contribution in [2.45, 2.75) is 52.0 Å². The van der Waals surface area contributed by atoms with Crippen LogP contribution in [0.3, 0.4) is 0 Å². The molecule has 0 atom stereocenters. The number of halogens is 3. The van der Waals surface area contributed by atoms with Gasteiger partial charge in [0.25, 0.3) is 0 Å². The highest BCUT2D eigenvalue weighted by Gasteiger charge is 2.37. The summed E-state index contributed by atoms with van der Waals surface area (Å²) in [6.45, 7) is 4.51. The van der Waals surface area contributed by atoms with E-state index in [1.807, 2.05) is 24.1 Å². The molecule has 3 rings (SSSR count). The molecule has 0 radical (unpaired) electrons. The number of benzene rings is 2. The van der Waals surface area contributed by atoms with Crippen molar-refractivity contribution in [2.24, 2.45) is 5.92 Å². The zero-order chi connectivity index (χ0) is 24.6. The Morgan fingerprint density at radius 2 is 1.73 bits per heavy atom. The largest absolute Gasteiger partial charge is 0.506 e. The first-order valence-corrected chi connectivity index (χ1v) is 10.8. The fraction of sp³-hybridized carbons (Fsp3) is 0.417. The number of alkyl halides is 3. The number of rotatable bonds is 6. The molecule has 0 bridgehead atoms. The predicted molar refractivity (Wildman–Crippen MR) is 123 cm³/mol. The maximum absolute atomic E-state index is 13.3. The molecule has 0 aliphatic heterocycles. The molecular formula is C24H26F3NO4S. The maximum Gasteiger partial charge on any atom is 0.419 e. The molecule has 2 aromatic rings. The first-order valence-electron chi connectivity index (χ1n) is 10.4. The van der Waals surface area contributed by atoms with E-state index in [1.54, 1.807) is 32.9 Å². The lowest BCUT2D eigenvalue weighted by Gasteiger charge is -2.22. The first kappa shape index (κ1) is 24.8. The topological polar surface area (TPSA) is 59.0 Å². The second kappa shape index (κ2) is 9.21. The summed E-state index contributed by atoms with van der Waals surface area (Å²) in [6, 6.07) is 8.89. The van der Waals surface area contributed by atoms with Crippen molar-refractivity contribution in [3.63, 3.8) is 0 Å². The van der Waals surface area contributed by atoms with Gasteiger partial charge in [0.1, 0.15) is 29.3 Å². The van der Waals surface area contributed by atoms with Crippen molar-refractivity contribution in [1.29, 1.82) is 0 Å². The highest BCUT2D eigenvalue weighted by Crippen LogP contribution is 2.40. The van der Waals surface area contributed by atoms with Crippen molar-refractivity contribution in [3.05, 3.63) is 53.1 Å². The van der Waals surface area contributed by atoms with Crippen molar-refractivity contribution in [3.8, 4) is 11.5 Å². The third-order valence-corrected chi connectivity index (χ3v) is 5.66. The first-order chi connectivity index (χ1) is 15.3. The predicted octanol–water partition coefficient (Wildman–Crippen LogP) is 6.12. The molecule has 0 spiro atoms. The quantitative estimate of drug-likeness (QED) is 0.396. The lowest BCUT2D eigenvalue weighted by molar-refractivity contribution is -0.138. The summed E-state index contributed by atoms with van der Waals surface area (Å²) in [5.74, 6) is -1.35. The smallest absolute Gasteiger partial charge is 0.419 e. The van der Waals surface area contributed by atoms with Gasteiger partial charge >= 0.3 is 12.1 Å². The minimum Gasteiger partial charge on any atom is -0.506 e. The number of carbonyl (C=O) groups is 1. The minimum atomic E-state index is -4.83. The molecule has 1 aliphatic carbocycles. The molecule has 1 saturated carbocycles. The molecule has 0 unspecified atom stereocenters. The van der Waals surface area contributed by atoms with Crippen LogP contribution in [0.15, 0.2) is 36.4 Å². The van der Waals surface area contributed by atoms with Gasteiger partial charge in [-0.3, -0.25) is 0 Å². The van der Waals surface area contributed by atoms with Crippen molar-refractivity contribution < 1.29 is 32.5 Å². The molecule has 0 aromatic heterocycles. The van der Waals surface area contributed by atoms with Gasteiger partial charge < -0.3 is 19.5 Å². The molecule has 2 aromatic carbocycles. The third-order valence-electron chi connectivity index (χ3n) is 5.05. The average molecular weight is 482 g/mol. The van der Waals surface area contributed by atoms with E-state index in [2.05, 4.69) is 0 Å². The zero-order valence-corrected chi connectivity index (χ0v) is 19.6. The van der Waals surface area contributed by atoms with E-state index in [0.717, 1.165) is 35.7 Å². The van der Waals surface area contributed by atoms with E-state index in [4.69, 9.17) is 21.7 Å². The Morgan fingerprint density at radius 3 is 2.24 bits per heavy atom. The number of hydrogen-bond donors (Lipinski definition) is 1. The summed E-state index contributed by atoms with van der Waals surface area (Å²) in [5, 5.41) is 10.3. The standard InChI is InChI=1S/C24H26F3NO4S/c1-23(2,3)32-22(30)19-15(7-12-18(20(19)29)24(25,26)27)13-31-17-10-8-16(9-11-17)28(4)21(33)14-5-6-14/h7-12,14,29H,5-6,13H2,1-4H3. The van der Waals surface area contributed by atoms with Gasteiger partial charge in [0.05, 0.1) is 10.6 Å². The molecule has 178 valence electrons. The number of nitrogens with zero attached hydrogens (tertiary/aromatic N) is 1. The van der Waals surface area contributed by atoms with Crippen LogP contribution in [-0.4, -0.2) is 28.7 Å². The normalized spacial score (nSPS) is 14.0. The number of anilines is 1. The molecule has 5 nitrogen and oxygen atoms in total. The SMILES string of the molecule is CN(C(=S)C1CC1)c1ccc(OCc2ccc(C(F)(F)F)c(O)c2C(=O)OC(C)(C)C)cc1. The van der Waals surface area contributed by atoms with Gasteiger partial charge in [-0.15, -0.1) is 0 Å². The molecule has 0 heterocycles. The number of phenols is 1. The molecule has 0 saturated heterocycles. The van der Waals surface area contributed by atoms with E-state index < -0.39 is 34.6 Å². The van der Waals surface area contributed by atoms with Gasteiger partial charge in [-0.2, -0.15) is 13.2 Å². The van der Waals surface area contributed by atoms with Crippen LogP contribution in [0, 0.1) is 5.92 Å². The zero-order valence-electron chi connectivity index (χ0n) is 18.8. The van der Waals surface area contributed by atoms with Gasteiger partial charge in [0.2, 0.25) is 0 Å². The van der Waals surface area contributed by atoms with E-state index in [1.165, 1.54) is 0 Å². The maximum atomic E-state index is 13.3. The Kier molecular flexibility index (Phi) is 6.93. The van der Waals surface area contributed by atoms with Gasteiger partial charge in [-0.05, 0) is 63.9 Å². The Balaban J connectivity index is 1.81. The van der Waals surface area contributed by atoms with E-state index in [-0.39, 0.29) is 12.2 Å². The highest BCUT2D eigenvalue weighted by molar-refractivity contribution is 7.80. The minimum absolute atomic E-state index is 0.0749. The van der Waals surface area contributed by atoms with Crippen LogP contribution in [0.1, 0.15) is 55.1 Å². The fourth-order valence-corrected chi connectivity index (χ4v) is 3.54. The number of carbonyl (C=O) groups excluding carboxylic acids is 1. The van der Waals surface area contributed by atoms with Crippen LogP contribution in [0.2, 0.25) is 0 Å². The third kappa shape index (κ3) is 6.16. The van der Waals surface area contributed by atoms with Gasteiger partial charge in [0, 0.05) is 24.2 Å². The number of ether oxygens (including phenoxy) is 2. The lowest BCUT2D eigenvalue weighted by atomic mass is 10.0. The Bertz CT molecular complexity index is 1040. The van der Waals surface area contributed by atoms with E-state index in [9.17, 15) is 23.1 Å². The summed E-state index contributed by atoms with van der Waals surface area (Å²) in [5.41, 5.74) is -1.87. The van der Waals surface area contributed by atoms with Crippen LogP contribution in [-0.2, 0) is 17.5 Å². The summed E-state index contributed by atoms with van der Waals surface area (Å²) in [6.07, 6.45) is -2.63. The van der Waals surface area contributed by atoms with Crippen molar-refractivity contribution in [1.82, 2.24) is 0 Å². The molecule has 1 aliphatic rings. The molecule has 9 heteroatoms. The summed E-state index contributed by atoms with van der Waals surface area (Å²) < 4.78 is 50.7. The molecule has 33 heavy (non-hydrogen) atoms. The van der Waals surface area contributed by atoms with E-state index >= 15 is 0 Å². The van der Waals surface area contributed by atoms with Crippen LogP contribution in [0.4, 0.5) is 18.9 Å². The van der Waals surface area contributed by atoms with Gasteiger partial charge in [-0.25, -0.2) is 4.79 Å². The number of thiocarbonyl (C=S) groups is 1. The fourth-order valence-electron chi connectivity index (χ4n) is 3.20. The molecule has 0 amide bonds. The second-order valence-corrected chi connectivity index (χ2v) is 9.37. The van der Waals surface area contributed by atoms with Gasteiger partial charge in [-0.1, -0.05) is 18.3 Å². The Labute approximate surface area is 196 Å². The second-order valence-electron chi connectivity index (χ2n) is 8.95. The lowest BCUT2D eigenvalue weighted by Crippen LogP contribution is -2.25. The van der Waals surface area contributed by atoms with E-state index in [0.29, 0.717) is 11.7 Å². The monoisotopic (exact) mass is 481 g/mol. The van der Waals surface area contributed by atoms with Crippen LogP contribution in [0.25, 0.3) is 0 Å². The number of phenolic OH excluding ortho intramolecular Hbond substituents is 1. The molecule has 1 N–H and O–H groups in total. The van der Waals surface area contributed by atoms with Crippen molar-refractivity contribution >= 4 is 28.9 Å². The van der Waals surface area contributed by atoms with Crippen LogP contribution in [0.5, 0.6) is 11.5 Å². The van der Waals surface area contributed by atoms with Crippen LogP contribution >= 0.6 is 12.2 Å². The number of esters is 1.